The average molecular weight is 596 g/mol. The highest BCUT2D eigenvalue weighted by atomic mass is 79.9. The molecule has 1 aromatic carbocycles. The molecule has 1 aromatic rings. The summed E-state index contributed by atoms with van der Waals surface area (Å²) in [6.45, 7) is 10.4. The van der Waals surface area contributed by atoms with E-state index in [1.807, 2.05) is 18.2 Å². The topological polar surface area (TPSA) is 92.3 Å². The Bertz CT molecular complexity index is 602. The second-order valence-corrected chi connectivity index (χ2v) is 8.69. The maximum Gasteiger partial charge on any atom is 0.0729 e. The lowest BCUT2D eigenvalue weighted by Crippen LogP contribution is -2.15. The van der Waals surface area contributed by atoms with Gasteiger partial charge in [0.25, 0.3) is 0 Å². The zero-order valence-electron chi connectivity index (χ0n) is 21.8. The van der Waals surface area contributed by atoms with Gasteiger partial charge in [0.15, 0.2) is 0 Å². The van der Waals surface area contributed by atoms with Crippen molar-refractivity contribution in [2.24, 2.45) is 0 Å². The van der Waals surface area contributed by atoms with Gasteiger partial charge in [0, 0.05) is 4.47 Å². The Hall–Kier alpha value is -0.700. The second kappa shape index (κ2) is 24.3. The maximum atomic E-state index is 5.76. The minimum atomic E-state index is 0.497. The molecule has 0 amide bonds. The van der Waals surface area contributed by atoms with Crippen LogP contribution in [0.1, 0.15) is 11.1 Å². The summed E-state index contributed by atoms with van der Waals surface area (Å²) in [6.07, 6.45) is 0. The molecule has 2 bridgehead atoms. The molecule has 1 aliphatic rings. The van der Waals surface area contributed by atoms with Gasteiger partial charge in [0.2, 0.25) is 0 Å². The van der Waals surface area contributed by atoms with Crippen molar-refractivity contribution < 1.29 is 47.4 Å². The van der Waals surface area contributed by atoms with Crippen molar-refractivity contribution >= 4 is 15.9 Å². The zero-order chi connectivity index (χ0) is 26.1. The number of hydrogen-bond acceptors (Lipinski definition) is 10. The number of benzene rings is 1. The molecule has 0 fully saturated rings. The van der Waals surface area contributed by atoms with Crippen molar-refractivity contribution in [1.82, 2.24) is 0 Å². The standard InChI is InChI=1S/C26H43BrO10/c27-26-24-2-1-3-25(26)23-37-21-19-35-17-15-33-13-11-31-9-7-29-5-4-28-6-8-30-10-12-32-14-16-34-18-20-36-22-24/h1-3H,4-23H2. The molecule has 11 heteroatoms. The van der Waals surface area contributed by atoms with Gasteiger partial charge in [0.1, 0.15) is 0 Å². The van der Waals surface area contributed by atoms with Gasteiger partial charge >= 0.3 is 0 Å². The summed E-state index contributed by atoms with van der Waals surface area (Å²) >= 11 is 3.67. The van der Waals surface area contributed by atoms with Crippen LogP contribution in [0.5, 0.6) is 0 Å². The van der Waals surface area contributed by atoms with E-state index in [9.17, 15) is 0 Å². The highest BCUT2D eigenvalue weighted by molar-refractivity contribution is 9.10. The van der Waals surface area contributed by atoms with Crippen LogP contribution in [0, 0.1) is 0 Å². The van der Waals surface area contributed by atoms with Crippen LogP contribution in [-0.4, -0.2) is 119 Å². The van der Waals surface area contributed by atoms with Crippen LogP contribution in [0.2, 0.25) is 0 Å². The number of rotatable bonds is 0. The summed E-state index contributed by atoms with van der Waals surface area (Å²) < 4.78 is 56.5. The first-order valence-corrected chi connectivity index (χ1v) is 13.7. The first-order valence-electron chi connectivity index (χ1n) is 12.9. The molecule has 0 aliphatic carbocycles. The Morgan fingerprint density at radius 1 is 0.351 bits per heavy atom. The highest BCUT2D eigenvalue weighted by Crippen LogP contribution is 2.23. The van der Waals surface area contributed by atoms with Crippen molar-refractivity contribution in [2.75, 3.05) is 119 Å². The minimum Gasteiger partial charge on any atom is -0.377 e. The van der Waals surface area contributed by atoms with E-state index in [1.54, 1.807) is 0 Å². The third-order valence-corrected chi connectivity index (χ3v) is 6.04. The second-order valence-electron chi connectivity index (χ2n) is 7.89. The molecule has 0 saturated carbocycles. The first kappa shape index (κ1) is 32.5. The third-order valence-electron chi connectivity index (χ3n) is 5.02. The van der Waals surface area contributed by atoms with Gasteiger partial charge in [-0.05, 0) is 11.1 Å². The van der Waals surface area contributed by atoms with E-state index in [0.29, 0.717) is 132 Å². The Labute approximate surface area is 229 Å². The molecule has 214 valence electrons. The van der Waals surface area contributed by atoms with Crippen LogP contribution in [0.15, 0.2) is 22.7 Å². The molecule has 0 spiro atoms. The predicted octanol–water partition coefficient (Wildman–Crippen LogP) is 2.63. The summed E-state index contributed by atoms with van der Waals surface area (Å²) in [4.78, 5) is 0. The molecule has 0 N–H and O–H groups in total. The molecule has 0 radical (unpaired) electrons. The van der Waals surface area contributed by atoms with Crippen LogP contribution in [0.25, 0.3) is 0 Å². The van der Waals surface area contributed by atoms with E-state index >= 15 is 0 Å². The molecular weight excluding hydrogens is 552 g/mol. The monoisotopic (exact) mass is 594 g/mol. The van der Waals surface area contributed by atoms with Crippen LogP contribution in [0.3, 0.4) is 0 Å². The Kier molecular flexibility index (Phi) is 21.4. The molecule has 0 atom stereocenters. The molecule has 1 aliphatic heterocycles. The van der Waals surface area contributed by atoms with Crippen molar-refractivity contribution in [3.8, 4) is 0 Å². The van der Waals surface area contributed by atoms with E-state index in [-0.39, 0.29) is 0 Å². The van der Waals surface area contributed by atoms with E-state index in [0.717, 1.165) is 15.6 Å². The molecule has 0 aromatic heterocycles. The van der Waals surface area contributed by atoms with Gasteiger partial charge in [-0.3, -0.25) is 0 Å². The summed E-state index contributed by atoms with van der Waals surface area (Å²) in [5.41, 5.74) is 2.14. The van der Waals surface area contributed by atoms with Gasteiger partial charge in [0.05, 0.1) is 132 Å². The van der Waals surface area contributed by atoms with Gasteiger partial charge < -0.3 is 47.4 Å². The third kappa shape index (κ3) is 18.3. The quantitative estimate of drug-likeness (QED) is 0.446. The molecule has 0 unspecified atom stereocenters. The van der Waals surface area contributed by atoms with E-state index < -0.39 is 0 Å². The van der Waals surface area contributed by atoms with Crippen LogP contribution in [0.4, 0.5) is 0 Å². The fraction of sp³-hybridized carbons (Fsp3) is 0.769. The molecule has 0 saturated heterocycles. The maximum absolute atomic E-state index is 5.76. The molecule has 2 rings (SSSR count). The fourth-order valence-electron chi connectivity index (χ4n) is 3.10. The number of hydrogen-bond donors (Lipinski definition) is 0. The van der Waals surface area contributed by atoms with Gasteiger partial charge in [-0.25, -0.2) is 0 Å². The Morgan fingerprint density at radius 2 is 0.568 bits per heavy atom. The van der Waals surface area contributed by atoms with Crippen LogP contribution < -0.4 is 0 Å². The van der Waals surface area contributed by atoms with Crippen LogP contribution >= 0.6 is 15.9 Å². The molecule has 1 heterocycles. The van der Waals surface area contributed by atoms with Gasteiger partial charge in [-0.2, -0.15) is 0 Å². The molecule has 10 nitrogen and oxygen atoms in total. The zero-order valence-corrected chi connectivity index (χ0v) is 23.4. The molecule has 37 heavy (non-hydrogen) atoms. The smallest absolute Gasteiger partial charge is 0.0729 e. The highest BCUT2D eigenvalue weighted by Gasteiger charge is 2.06. The SMILES string of the molecule is Brc1c2cccc1COCCOCCOCCOCCOCCOCCOCCOCCOCCOC2. The molecular formula is C26H43BrO10. The lowest BCUT2D eigenvalue weighted by molar-refractivity contribution is -0.0268. The van der Waals surface area contributed by atoms with Crippen molar-refractivity contribution in [3.05, 3.63) is 33.8 Å². The summed E-state index contributed by atoms with van der Waals surface area (Å²) in [5, 5.41) is 0. The number of halogens is 1. The largest absolute Gasteiger partial charge is 0.377 e. The Morgan fingerprint density at radius 3 is 0.811 bits per heavy atom. The lowest BCUT2D eigenvalue weighted by atomic mass is 10.1. The summed E-state index contributed by atoms with van der Waals surface area (Å²) in [6, 6.07) is 6.07. The lowest BCUT2D eigenvalue weighted by Gasteiger charge is -2.12. The Balaban J connectivity index is 1.62. The summed E-state index contributed by atoms with van der Waals surface area (Å²) in [5.74, 6) is 0. The number of fused-ring (bicyclic) bond motifs is 2. The first-order chi connectivity index (χ1) is 18.4. The fourth-order valence-corrected chi connectivity index (χ4v) is 3.59. The predicted molar refractivity (Wildman–Crippen MR) is 140 cm³/mol. The normalized spacial score (nSPS) is 21.6. The number of ether oxygens (including phenoxy) is 10. The van der Waals surface area contributed by atoms with Gasteiger partial charge in [-0.15, -0.1) is 0 Å². The average Bonchev–Trinajstić information content (AvgIpc) is 2.91. The summed E-state index contributed by atoms with van der Waals surface area (Å²) in [7, 11) is 0. The van der Waals surface area contributed by atoms with E-state index in [4.69, 9.17) is 47.4 Å². The van der Waals surface area contributed by atoms with E-state index in [1.165, 1.54) is 0 Å². The minimum absolute atomic E-state index is 0.497. The van der Waals surface area contributed by atoms with E-state index in [2.05, 4.69) is 15.9 Å². The van der Waals surface area contributed by atoms with Gasteiger partial charge in [-0.1, -0.05) is 34.1 Å². The van der Waals surface area contributed by atoms with Crippen LogP contribution in [-0.2, 0) is 60.6 Å². The van der Waals surface area contributed by atoms with Crippen molar-refractivity contribution in [3.63, 3.8) is 0 Å². The van der Waals surface area contributed by atoms with Crippen molar-refractivity contribution in [1.29, 1.82) is 0 Å². The van der Waals surface area contributed by atoms with Crippen molar-refractivity contribution in [2.45, 2.75) is 13.2 Å².